The number of aliphatic hydroxyl groups is 1. The molecule has 1 heterocycles. The summed E-state index contributed by atoms with van der Waals surface area (Å²) in [5.74, 6) is -0.921. The molecule has 0 amide bonds. The molecule has 0 radical (unpaired) electrons. The molecule has 0 saturated carbocycles. The average Bonchev–Trinajstić information content (AvgIpc) is 2.31. The van der Waals surface area contributed by atoms with E-state index in [4.69, 9.17) is 17.3 Å². The fourth-order valence-electron chi connectivity index (χ4n) is 1.40. The smallest absolute Gasteiger partial charge is 0.326 e. The van der Waals surface area contributed by atoms with Gasteiger partial charge in [0.05, 0.1) is 11.1 Å². The van der Waals surface area contributed by atoms with Crippen LogP contribution in [0, 0.1) is 0 Å². The molecule has 0 spiro atoms. The van der Waals surface area contributed by atoms with Gasteiger partial charge in [0.2, 0.25) is 0 Å². The molecule has 5 heteroatoms. The zero-order valence-electron chi connectivity index (χ0n) is 6.73. The molecule has 2 N–H and O–H groups in total. The van der Waals surface area contributed by atoms with Crippen LogP contribution in [0.4, 0.5) is 0 Å². The van der Waals surface area contributed by atoms with Crippen molar-refractivity contribution in [1.82, 2.24) is 4.90 Å². The van der Waals surface area contributed by atoms with Gasteiger partial charge in [0.15, 0.2) is 0 Å². The summed E-state index contributed by atoms with van der Waals surface area (Å²) < 4.78 is 0. The highest BCUT2D eigenvalue weighted by Gasteiger charge is 2.35. The molecule has 0 aliphatic carbocycles. The number of β-amino-alcohol motifs (C(OH)–C–C–N with tert-alkyl or cyclic N) is 1. The van der Waals surface area contributed by atoms with E-state index in [1.54, 1.807) is 11.8 Å². The number of nitrogens with zero attached hydrogens (tertiary/aromatic N) is 1. The quantitative estimate of drug-likeness (QED) is 0.562. The molecule has 2 atom stereocenters. The van der Waals surface area contributed by atoms with Crippen LogP contribution in [-0.2, 0) is 4.79 Å². The Kier molecular flexibility index (Phi) is 2.64. The van der Waals surface area contributed by atoms with E-state index >= 15 is 0 Å². The number of hydrogen-bond acceptors (Lipinski definition) is 3. The minimum absolute atomic E-state index is 0.267. The molecule has 1 saturated heterocycles. The highest BCUT2D eigenvalue weighted by Crippen LogP contribution is 2.18. The van der Waals surface area contributed by atoms with Crippen LogP contribution in [0.15, 0.2) is 0 Å². The zero-order chi connectivity index (χ0) is 9.30. The van der Waals surface area contributed by atoms with Gasteiger partial charge in [0.1, 0.15) is 6.04 Å². The topological polar surface area (TPSA) is 60.8 Å². The lowest BCUT2D eigenvalue weighted by molar-refractivity contribution is -0.140. The average molecular weight is 189 g/mol. The van der Waals surface area contributed by atoms with Gasteiger partial charge in [0, 0.05) is 13.0 Å². The van der Waals surface area contributed by atoms with E-state index in [-0.39, 0.29) is 6.42 Å². The molecule has 1 rings (SSSR count). The van der Waals surface area contributed by atoms with Crippen LogP contribution >= 0.6 is 12.2 Å². The van der Waals surface area contributed by atoms with E-state index in [2.05, 4.69) is 0 Å². The maximum absolute atomic E-state index is 10.6. The molecular formula is C7H11NO3S. The molecule has 0 unspecified atom stereocenters. The maximum Gasteiger partial charge on any atom is 0.326 e. The molecule has 0 aromatic carbocycles. The molecule has 4 nitrogen and oxygen atoms in total. The Morgan fingerprint density at radius 1 is 1.67 bits per heavy atom. The van der Waals surface area contributed by atoms with Gasteiger partial charge in [-0.3, -0.25) is 0 Å². The van der Waals surface area contributed by atoms with Crippen molar-refractivity contribution in [3.63, 3.8) is 0 Å². The highest BCUT2D eigenvalue weighted by molar-refractivity contribution is 7.80. The second-order valence-corrected chi connectivity index (χ2v) is 3.51. The van der Waals surface area contributed by atoms with Gasteiger partial charge in [-0.25, -0.2) is 4.79 Å². The van der Waals surface area contributed by atoms with Gasteiger partial charge >= 0.3 is 5.97 Å². The SMILES string of the molecule is CC(=S)N1C[C@@H](O)C[C@H]1C(=O)O. The first-order chi connectivity index (χ1) is 5.52. The summed E-state index contributed by atoms with van der Waals surface area (Å²) in [4.78, 5) is 12.7. The first kappa shape index (κ1) is 9.41. The molecule has 1 aliphatic rings. The van der Waals surface area contributed by atoms with Crippen molar-refractivity contribution in [2.24, 2.45) is 0 Å². The number of hydrogen-bond donors (Lipinski definition) is 2. The van der Waals surface area contributed by atoms with Crippen molar-refractivity contribution in [3.05, 3.63) is 0 Å². The molecule has 0 aromatic rings. The van der Waals surface area contributed by atoms with E-state index in [0.29, 0.717) is 11.5 Å². The summed E-state index contributed by atoms with van der Waals surface area (Å²) in [6.07, 6.45) is -0.299. The monoisotopic (exact) mass is 189 g/mol. The van der Waals surface area contributed by atoms with Crippen LogP contribution < -0.4 is 0 Å². The Labute approximate surface area is 75.8 Å². The normalized spacial score (nSPS) is 29.0. The summed E-state index contributed by atoms with van der Waals surface area (Å²) in [5.41, 5.74) is 0. The summed E-state index contributed by atoms with van der Waals surface area (Å²) in [6, 6.07) is -0.641. The van der Waals surface area contributed by atoms with Crippen molar-refractivity contribution in [2.75, 3.05) is 6.54 Å². The largest absolute Gasteiger partial charge is 0.480 e. The maximum atomic E-state index is 10.6. The number of carbonyl (C=O) groups is 1. The predicted molar refractivity (Wildman–Crippen MR) is 47.0 cm³/mol. The van der Waals surface area contributed by atoms with Crippen molar-refractivity contribution in [3.8, 4) is 0 Å². The minimum atomic E-state index is -0.921. The second-order valence-electron chi connectivity index (χ2n) is 2.91. The van der Waals surface area contributed by atoms with Gasteiger partial charge < -0.3 is 15.1 Å². The molecule has 1 aliphatic heterocycles. The Bertz CT molecular complexity index is 197. The summed E-state index contributed by atoms with van der Waals surface area (Å²) in [5, 5.41) is 17.9. The summed E-state index contributed by atoms with van der Waals surface area (Å²) in [7, 11) is 0. The Balaban J connectivity index is 2.72. The lowest BCUT2D eigenvalue weighted by atomic mass is 10.2. The molecule has 12 heavy (non-hydrogen) atoms. The van der Waals surface area contributed by atoms with E-state index in [0.717, 1.165) is 0 Å². The summed E-state index contributed by atoms with van der Waals surface area (Å²) >= 11 is 4.86. The van der Waals surface area contributed by atoms with Crippen LogP contribution in [0.1, 0.15) is 13.3 Å². The second kappa shape index (κ2) is 3.37. The number of thiocarbonyl (C=S) groups is 1. The van der Waals surface area contributed by atoms with Crippen molar-refractivity contribution in [2.45, 2.75) is 25.5 Å². The van der Waals surface area contributed by atoms with Crippen LogP contribution in [0.3, 0.4) is 0 Å². The number of likely N-dealkylation sites (tertiary alicyclic amines) is 1. The third kappa shape index (κ3) is 1.73. The predicted octanol–water partition coefficient (Wildman–Crippen LogP) is -0.146. The van der Waals surface area contributed by atoms with Crippen LogP contribution in [-0.4, -0.2) is 44.8 Å². The Morgan fingerprint density at radius 3 is 2.58 bits per heavy atom. The summed E-state index contributed by atoms with van der Waals surface area (Å²) in [6.45, 7) is 2.01. The fourth-order valence-corrected chi connectivity index (χ4v) is 1.60. The number of carboxylic acids is 1. The van der Waals surface area contributed by atoms with Gasteiger partial charge in [-0.2, -0.15) is 0 Å². The first-order valence-electron chi connectivity index (χ1n) is 3.70. The zero-order valence-corrected chi connectivity index (χ0v) is 7.54. The minimum Gasteiger partial charge on any atom is -0.480 e. The van der Waals surface area contributed by atoms with E-state index in [1.165, 1.54) is 0 Å². The van der Waals surface area contributed by atoms with Gasteiger partial charge in [-0.05, 0) is 6.92 Å². The van der Waals surface area contributed by atoms with E-state index in [1.807, 2.05) is 0 Å². The standard InChI is InChI=1S/C7H11NO3S/c1-4(12)8-3-5(9)2-6(8)7(10)11/h5-6,9H,2-3H2,1H3,(H,10,11)/t5-,6-/m0/s1. The lowest BCUT2D eigenvalue weighted by Crippen LogP contribution is -2.38. The number of aliphatic carboxylic acids is 1. The van der Waals surface area contributed by atoms with Crippen LogP contribution in [0.5, 0.6) is 0 Å². The third-order valence-electron chi connectivity index (χ3n) is 1.97. The van der Waals surface area contributed by atoms with Gasteiger partial charge in [-0.15, -0.1) is 0 Å². The fraction of sp³-hybridized carbons (Fsp3) is 0.714. The Hall–Kier alpha value is -0.680. The molecule has 0 aromatic heterocycles. The number of rotatable bonds is 1. The van der Waals surface area contributed by atoms with Crippen molar-refractivity contribution < 1.29 is 15.0 Å². The lowest BCUT2D eigenvalue weighted by Gasteiger charge is -2.21. The van der Waals surface area contributed by atoms with E-state index in [9.17, 15) is 9.90 Å². The first-order valence-corrected chi connectivity index (χ1v) is 4.11. The third-order valence-corrected chi connectivity index (χ3v) is 2.20. The van der Waals surface area contributed by atoms with Crippen LogP contribution in [0.2, 0.25) is 0 Å². The molecule has 68 valence electrons. The highest BCUT2D eigenvalue weighted by atomic mass is 32.1. The number of carboxylic acid groups (broad SMARTS) is 1. The molecule has 0 bridgehead atoms. The van der Waals surface area contributed by atoms with Gasteiger partial charge in [0.25, 0.3) is 0 Å². The Morgan fingerprint density at radius 2 is 2.25 bits per heavy atom. The molecular weight excluding hydrogens is 178 g/mol. The van der Waals surface area contributed by atoms with E-state index < -0.39 is 18.1 Å². The number of aliphatic hydroxyl groups excluding tert-OH is 1. The molecule has 1 fully saturated rings. The van der Waals surface area contributed by atoms with Crippen molar-refractivity contribution in [1.29, 1.82) is 0 Å². The van der Waals surface area contributed by atoms with Crippen LogP contribution in [0.25, 0.3) is 0 Å². The van der Waals surface area contributed by atoms with Crippen molar-refractivity contribution >= 4 is 23.2 Å². The van der Waals surface area contributed by atoms with Gasteiger partial charge in [-0.1, -0.05) is 12.2 Å².